The molecule has 1 aliphatic heterocycles. The highest BCUT2D eigenvalue weighted by Gasteiger charge is 2.29. The zero-order chi connectivity index (χ0) is 21.6. The molecule has 1 aromatic carbocycles. The maximum absolute atomic E-state index is 12.2. The molecule has 1 heterocycles. The van der Waals surface area contributed by atoms with Gasteiger partial charge >= 0.3 is 0 Å². The van der Waals surface area contributed by atoms with Crippen LogP contribution in [0.5, 0.6) is 5.75 Å². The fourth-order valence-electron chi connectivity index (χ4n) is 3.59. The van der Waals surface area contributed by atoms with E-state index in [0.29, 0.717) is 25.3 Å². The molecule has 1 N–H and O–H groups in total. The highest BCUT2D eigenvalue weighted by molar-refractivity contribution is 5.94. The number of rotatable bonds is 9. The lowest BCUT2D eigenvalue weighted by molar-refractivity contribution is -0.130. The van der Waals surface area contributed by atoms with E-state index in [1.165, 1.54) is 4.90 Å². The van der Waals surface area contributed by atoms with E-state index in [1.807, 2.05) is 19.1 Å². The van der Waals surface area contributed by atoms with Crippen molar-refractivity contribution in [2.45, 2.75) is 39.2 Å². The first kappa shape index (κ1) is 22.7. The van der Waals surface area contributed by atoms with E-state index in [-0.39, 0.29) is 31.1 Å². The second kappa shape index (κ2) is 10.2. The summed E-state index contributed by atoms with van der Waals surface area (Å²) < 4.78 is 6.00. The van der Waals surface area contributed by atoms with Gasteiger partial charge in [0.05, 0.1) is 18.8 Å². The minimum absolute atomic E-state index is 0.00460. The number of anilines is 1. The molecule has 2 amide bonds. The number of hydrogen-bond donors (Lipinski definition) is 1. The van der Waals surface area contributed by atoms with E-state index in [9.17, 15) is 9.59 Å². The second-order valence-electron chi connectivity index (χ2n) is 7.47. The topological polar surface area (TPSA) is 85.7 Å². The zero-order valence-corrected chi connectivity index (χ0v) is 17.8. The van der Waals surface area contributed by atoms with Crippen LogP contribution in [0.25, 0.3) is 0 Å². The molecule has 160 valence electrons. The Morgan fingerprint density at radius 1 is 1.34 bits per heavy atom. The number of hydrazone groups is 1. The van der Waals surface area contributed by atoms with Gasteiger partial charge in [-0.3, -0.25) is 14.6 Å². The molecule has 0 radical (unpaired) electrons. The van der Waals surface area contributed by atoms with Crippen molar-refractivity contribution in [1.29, 1.82) is 0 Å². The van der Waals surface area contributed by atoms with E-state index in [4.69, 9.17) is 9.84 Å². The molecule has 8 nitrogen and oxygen atoms in total. The number of aliphatic hydroxyl groups is 1. The summed E-state index contributed by atoms with van der Waals surface area (Å²) in [6.07, 6.45) is 2.23. The highest BCUT2D eigenvalue weighted by atomic mass is 16.5. The van der Waals surface area contributed by atoms with Crippen LogP contribution < -0.4 is 9.64 Å². The number of carbonyl (C=O) groups is 2. The van der Waals surface area contributed by atoms with Crippen LogP contribution in [-0.4, -0.2) is 80.0 Å². The van der Waals surface area contributed by atoms with Crippen LogP contribution in [0, 0.1) is 0 Å². The van der Waals surface area contributed by atoms with Gasteiger partial charge in [0.15, 0.2) is 6.61 Å². The van der Waals surface area contributed by atoms with Crippen molar-refractivity contribution in [2.75, 3.05) is 45.3 Å². The molecule has 29 heavy (non-hydrogen) atoms. The second-order valence-corrected chi connectivity index (χ2v) is 7.47. The zero-order valence-electron chi connectivity index (χ0n) is 17.8. The van der Waals surface area contributed by atoms with Crippen LogP contribution in [-0.2, 0) is 22.4 Å². The molecule has 1 aliphatic rings. The Labute approximate surface area is 172 Å². The molecule has 0 saturated carbocycles. The van der Waals surface area contributed by atoms with Gasteiger partial charge in [-0.15, -0.1) is 0 Å². The molecule has 0 spiro atoms. The fraction of sp³-hybridized carbons (Fsp3) is 0.571. The molecule has 0 fully saturated rings. The van der Waals surface area contributed by atoms with Gasteiger partial charge in [-0.05, 0) is 37.8 Å². The standard InChI is InChI=1S/C21H32N4O4/c1-15-6-8-18-19(25(15)16(2)27)9-7-17(10-11-24(22-3)12-13-26)21(18)29-14-20(28)23(4)5/h7,9,15,26H,3,6,8,10-14H2,1-2,4-5H3/t15-/m0/s1. The number of carbonyl (C=O) groups excluding carboxylic acids is 2. The number of aliphatic hydroxyl groups excluding tert-OH is 1. The number of nitrogens with zero attached hydrogens (tertiary/aromatic N) is 4. The van der Waals surface area contributed by atoms with Crippen LogP contribution in [0.4, 0.5) is 5.69 Å². The van der Waals surface area contributed by atoms with E-state index in [2.05, 4.69) is 11.8 Å². The summed E-state index contributed by atoms with van der Waals surface area (Å²) in [4.78, 5) is 27.6. The molecule has 0 saturated heterocycles. The monoisotopic (exact) mass is 404 g/mol. The van der Waals surface area contributed by atoms with Crippen molar-refractivity contribution in [2.24, 2.45) is 5.10 Å². The predicted molar refractivity (Wildman–Crippen MR) is 113 cm³/mol. The average molecular weight is 405 g/mol. The summed E-state index contributed by atoms with van der Waals surface area (Å²) in [7, 11) is 3.38. The van der Waals surface area contributed by atoms with Gasteiger partial charge in [0.25, 0.3) is 5.91 Å². The molecule has 0 bridgehead atoms. The Kier molecular flexibility index (Phi) is 8.01. The minimum Gasteiger partial charge on any atom is -0.483 e. The van der Waals surface area contributed by atoms with E-state index >= 15 is 0 Å². The van der Waals surface area contributed by atoms with Crippen molar-refractivity contribution in [3.8, 4) is 5.75 Å². The van der Waals surface area contributed by atoms with Crippen LogP contribution in [0.1, 0.15) is 31.4 Å². The molecule has 0 aromatic heterocycles. The Morgan fingerprint density at radius 2 is 2.07 bits per heavy atom. The normalized spacial score (nSPS) is 15.5. The van der Waals surface area contributed by atoms with Gasteiger partial charge in [-0.1, -0.05) is 6.07 Å². The number of fused-ring (bicyclic) bond motifs is 1. The van der Waals surface area contributed by atoms with E-state index in [1.54, 1.807) is 30.9 Å². The first-order chi connectivity index (χ1) is 13.8. The van der Waals surface area contributed by atoms with Crippen molar-refractivity contribution in [1.82, 2.24) is 9.91 Å². The van der Waals surface area contributed by atoms with E-state index in [0.717, 1.165) is 29.7 Å². The Morgan fingerprint density at radius 3 is 2.66 bits per heavy atom. The van der Waals surface area contributed by atoms with Gasteiger partial charge in [-0.2, -0.15) is 5.10 Å². The lowest BCUT2D eigenvalue weighted by Gasteiger charge is -2.36. The van der Waals surface area contributed by atoms with Gasteiger partial charge in [-0.25, -0.2) is 0 Å². The quantitative estimate of drug-likeness (QED) is 0.495. The molecular formula is C21H32N4O4. The molecule has 0 unspecified atom stereocenters. The number of ether oxygens (including phenoxy) is 1. The molecule has 2 rings (SSSR count). The number of benzene rings is 1. The summed E-state index contributed by atoms with van der Waals surface area (Å²) in [6, 6.07) is 4.02. The maximum Gasteiger partial charge on any atom is 0.259 e. The van der Waals surface area contributed by atoms with Gasteiger partial charge in [0.1, 0.15) is 5.75 Å². The summed E-state index contributed by atoms with van der Waals surface area (Å²) in [5.74, 6) is 0.533. The van der Waals surface area contributed by atoms with Crippen molar-refractivity contribution < 1.29 is 19.4 Å². The highest BCUT2D eigenvalue weighted by Crippen LogP contribution is 2.39. The summed E-state index contributed by atoms with van der Waals surface area (Å²) in [5, 5.41) is 14.8. The van der Waals surface area contributed by atoms with Crippen LogP contribution >= 0.6 is 0 Å². The largest absolute Gasteiger partial charge is 0.483 e. The first-order valence-electron chi connectivity index (χ1n) is 9.90. The van der Waals surface area contributed by atoms with Gasteiger partial charge < -0.3 is 19.6 Å². The maximum atomic E-state index is 12.2. The smallest absolute Gasteiger partial charge is 0.259 e. The van der Waals surface area contributed by atoms with Crippen molar-refractivity contribution in [3.05, 3.63) is 23.3 Å². The summed E-state index contributed by atoms with van der Waals surface area (Å²) in [6.45, 7) is 8.04. The molecule has 1 aromatic rings. The average Bonchev–Trinajstić information content (AvgIpc) is 2.68. The molecule has 8 heteroatoms. The minimum atomic E-state index is -0.129. The Bertz CT molecular complexity index is 750. The summed E-state index contributed by atoms with van der Waals surface area (Å²) >= 11 is 0. The number of hydrogen-bond acceptors (Lipinski definition) is 6. The van der Waals surface area contributed by atoms with Crippen LogP contribution in [0.15, 0.2) is 17.2 Å². The molecule has 0 aliphatic carbocycles. The van der Waals surface area contributed by atoms with Crippen molar-refractivity contribution in [3.63, 3.8) is 0 Å². The first-order valence-corrected chi connectivity index (χ1v) is 9.90. The van der Waals surface area contributed by atoms with Crippen molar-refractivity contribution >= 4 is 24.2 Å². The van der Waals surface area contributed by atoms with Crippen LogP contribution in [0.3, 0.4) is 0 Å². The third-order valence-electron chi connectivity index (χ3n) is 5.21. The third kappa shape index (κ3) is 5.47. The van der Waals surface area contributed by atoms with Gasteiger partial charge in [0, 0.05) is 45.9 Å². The SMILES string of the molecule is C=NN(CCO)CCc1ccc2c(c1OCC(=O)N(C)C)CC[C@H](C)N2C(C)=O. The third-order valence-corrected chi connectivity index (χ3v) is 5.21. The lowest BCUT2D eigenvalue weighted by Crippen LogP contribution is -2.41. The molecular weight excluding hydrogens is 372 g/mol. The number of likely N-dealkylation sites (N-methyl/N-ethyl adjacent to an activating group) is 1. The Balaban J connectivity index is 2.38. The Hall–Kier alpha value is -2.61. The van der Waals surface area contributed by atoms with Gasteiger partial charge in [0.2, 0.25) is 5.91 Å². The number of amides is 2. The molecule has 1 atom stereocenters. The fourth-order valence-corrected chi connectivity index (χ4v) is 3.59. The lowest BCUT2D eigenvalue weighted by atomic mass is 9.92. The van der Waals surface area contributed by atoms with Crippen LogP contribution in [0.2, 0.25) is 0 Å². The summed E-state index contributed by atoms with van der Waals surface area (Å²) in [5.41, 5.74) is 2.75. The predicted octanol–water partition coefficient (Wildman–Crippen LogP) is 1.29. The van der Waals surface area contributed by atoms with E-state index < -0.39 is 0 Å².